The minimum atomic E-state index is 0.207. The van der Waals surface area contributed by atoms with E-state index in [0.29, 0.717) is 6.54 Å². The molecule has 1 heterocycles. The molecule has 0 radical (unpaired) electrons. The number of hydrogen-bond acceptors (Lipinski definition) is 2. The van der Waals surface area contributed by atoms with E-state index in [1.54, 1.807) is 0 Å². The van der Waals surface area contributed by atoms with Gasteiger partial charge in [-0.05, 0) is 31.0 Å². The number of amides is 1. The van der Waals surface area contributed by atoms with Gasteiger partial charge in [-0.1, -0.05) is 12.1 Å². The van der Waals surface area contributed by atoms with E-state index < -0.39 is 0 Å². The molecule has 1 saturated heterocycles. The molecule has 0 unspecified atom stereocenters. The third kappa shape index (κ3) is 2.35. The summed E-state index contributed by atoms with van der Waals surface area (Å²) < 4.78 is 0. The zero-order chi connectivity index (χ0) is 11.5. The highest BCUT2D eigenvalue weighted by Gasteiger charge is 2.18. The van der Waals surface area contributed by atoms with Crippen molar-refractivity contribution < 1.29 is 4.79 Å². The lowest BCUT2D eigenvalue weighted by atomic mass is 10.2. The summed E-state index contributed by atoms with van der Waals surface area (Å²) in [7, 11) is 1.88. The molecular formula is C13H18N2O. The van der Waals surface area contributed by atoms with Crippen molar-refractivity contribution >= 4 is 11.6 Å². The number of anilines is 1. The molecule has 0 aliphatic carbocycles. The predicted octanol–water partition coefficient (Wildman–Crippen LogP) is 1.66. The molecule has 3 nitrogen and oxygen atoms in total. The quantitative estimate of drug-likeness (QED) is 0.715. The molecule has 86 valence electrons. The lowest BCUT2D eigenvalue weighted by Crippen LogP contribution is -2.34. The summed E-state index contributed by atoms with van der Waals surface area (Å²) in [5.74, 6) is 0.207. The Bertz CT molecular complexity index is 389. The largest absolute Gasteiger partial charge is 0.362 e. The number of aryl methyl sites for hydroxylation is 1. The molecule has 0 aromatic heterocycles. The highest BCUT2D eigenvalue weighted by Crippen LogP contribution is 2.17. The van der Waals surface area contributed by atoms with Crippen LogP contribution < -0.4 is 4.90 Å². The van der Waals surface area contributed by atoms with Gasteiger partial charge in [0.05, 0.1) is 6.54 Å². The lowest BCUT2D eigenvalue weighted by molar-refractivity contribution is -0.127. The van der Waals surface area contributed by atoms with Crippen molar-refractivity contribution in [1.82, 2.24) is 4.90 Å². The Balaban J connectivity index is 2.18. The van der Waals surface area contributed by atoms with Crippen LogP contribution in [0.15, 0.2) is 24.3 Å². The zero-order valence-electron chi connectivity index (χ0n) is 9.94. The van der Waals surface area contributed by atoms with Crippen LogP contribution in [-0.2, 0) is 4.79 Å². The second kappa shape index (κ2) is 4.56. The standard InChI is InChI=1S/C13H18N2O/c1-11-5-3-6-12(9-11)15-8-4-7-14(2)13(16)10-15/h3,5-6,9H,4,7-8,10H2,1-2H3. The van der Waals surface area contributed by atoms with E-state index in [1.807, 2.05) is 18.0 Å². The van der Waals surface area contributed by atoms with E-state index in [4.69, 9.17) is 0 Å². The average molecular weight is 218 g/mol. The van der Waals surface area contributed by atoms with Crippen molar-refractivity contribution in [2.24, 2.45) is 0 Å². The molecular weight excluding hydrogens is 200 g/mol. The molecule has 0 bridgehead atoms. The monoisotopic (exact) mass is 218 g/mol. The van der Waals surface area contributed by atoms with Crippen LogP contribution in [0.5, 0.6) is 0 Å². The Morgan fingerprint density at radius 2 is 2.06 bits per heavy atom. The Labute approximate surface area is 96.7 Å². The van der Waals surface area contributed by atoms with Crippen molar-refractivity contribution in [2.75, 3.05) is 31.6 Å². The number of hydrogen-bond donors (Lipinski definition) is 0. The maximum absolute atomic E-state index is 11.8. The van der Waals surface area contributed by atoms with Crippen LogP contribution in [0, 0.1) is 6.92 Å². The van der Waals surface area contributed by atoms with Crippen LogP contribution in [0.25, 0.3) is 0 Å². The van der Waals surface area contributed by atoms with E-state index >= 15 is 0 Å². The van der Waals surface area contributed by atoms with Crippen LogP contribution in [0.2, 0.25) is 0 Å². The fraction of sp³-hybridized carbons (Fsp3) is 0.462. The van der Waals surface area contributed by atoms with Gasteiger partial charge in [0.15, 0.2) is 0 Å². The first-order chi connectivity index (χ1) is 7.66. The van der Waals surface area contributed by atoms with Crippen LogP contribution >= 0.6 is 0 Å². The molecule has 2 rings (SSSR count). The van der Waals surface area contributed by atoms with Gasteiger partial charge in [-0.2, -0.15) is 0 Å². The van der Waals surface area contributed by atoms with Crippen molar-refractivity contribution in [2.45, 2.75) is 13.3 Å². The van der Waals surface area contributed by atoms with Gasteiger partial charge in [-0.3, -0.25) is 4.79 Å². The van der Waals surface area contributed by atoms with Crippen LogP contribution in [0.1, 0.15) is 12.0 Å². The maximum atomic E-state index is 11.8. The summed E-state index contributed by atoms with van der Waals surface area (Å²) in [5.41, 5.74) is 2.39. The number of carbonyl (C=O) groups excluding carboxylic acids is 1. The second-order valence-corrected chi connectivity index (χ2v) is 4.43. The fourth-order valence-corrected chi connectivity index (χ4v) is 2.03. The number of nitrogens with zero attached hydrogens (tertiary/aromatic N) is 2. The SMILES string of the molecule is Cc1cccc(N2CCCN(C)C(=O)C2)c1. The average Bonchev–Trinajstić information content (AvgIpc) is 2.42. The fourth-order valence-electron chi connectivity index (χ4n) is 2.03. The van der Waals surface area contributed by atoms with Crippen molar-refractivity contribution in [3.05, 3.63) is 29.8 Å². The van der Waals surface area contributed by atoms with Crippen molar-refractivity contribution in [3.8, 4) is 0 Å². The third-order valence-electron chi connectivity index (χ3n) is 3.04. The summed E-state index contributed by atoms with van der Waals surface area (Å²) in [6.45, 7) is 4.40. The van der Waals surface area contributed by atoms with E-state index in [1.165, 1.54) is 5.56 Å². The minimum Gasteiger partial charge on any atom is -0.362 e. The Kier molecular flexibility index (Phi) is 3.13. The van der Waals surface area contributed by atoms with Gasteiger partial charge in [0.2, 0.25) is 5.91 Å². The number of likely N-dealkylation sites (N-methyl/N-ethyl adjacent to an activating group) is 1. The third-order valence-corrected chi connectivity index (χ3v) is 3.04. The molecule has 1 amide bonds. The van der Waals surface area contributed by atoms with Gasteiger partial charge in [0.1, 0.15) is 0 Å². The Morgan fingerprint density at radius 3 is 2.81 bits per heavy atom. The van der Waals surface area contributed by atoms with Crippen molar-refractivity contribution in [1.29, 1.82) is 0 Å². The van der Waals surface area contributed by atoms with Gasteiger partial charge in [-0.25, -0.2) is 0 Å². The minimum absolute atomic E-state index is 0.207. The predicted molar refractivity (Wildman–Crippen MR) is 65.6 cm³/mol. The molecule has 0 saturated carbocycles. The van der Waals surface area contributed by atoms with E-state index in [-0.39, 0.29) is 5.91 Å². The van der Waals surface area contributed by atoms with Crippen LogP contribution in [-0.4, -0.2) is 37.5 Å². The van der Waals surface area contributed by atoms with E-state index in [0.717, 1.165) is 25.2 Å². The Morgan fingerprint density at radius 1 is 1.25 bits per heavy atom. The molecule has 0 atom stereocenters. The first-order valence-electron chi connectivity index (χ1n) is 5.72. The first-order valence-corrected chi connectivity index (χ1v) is 5.72. The van der Waals surface area contributed by atoms with Gasteiger partial charge in [0.25, 0.3) is 0 Å². The first kappa shape index (κ1) is 11.0. The van der Waals surface area contributed by atoms with E-state index in [9.17, 15) is 4.79 Å². The Hall–Kier alpha value is -1.51. The highest BCUT2D eigenvalue weighted by molar-refractivity contribution is 5.81. The van der Waals surface area contributed by atoms with Gasteiger partial charge in [0, 0.05) is 25.8 Å². The van der Waals surface area contributed by atoms with Gasteiger partial charge >= 0.3 is 0 Å². The summed E-state index contributed by atoms with van der Waals surface area (Å²) in [5, 5.41) is 0. The summed E-state index contributed by atoms with van der Waals surface area (Å²) in [6, 6.07) is 8.34. The van der Waals surface area contributed by atoms with E-state index in [2.05, 4.69) is 30.0 Å². The maximum Gasteiger partial charge on any atom is 0.241 e. The summed E-state index contributed by atoms with van der Waals surface area (Å²) in [6.07, 6.45) is 1.04. The number of carbonyl (C=O) groups is 1. The van der Waals surface area contributed by atoms with Crippen molar-refractivity contribution in [3.63, 3.8) is 0 Å². The zero-order valence-corrected chi connectivity index (χ0v) is 9.94. The summed E-state index contributed by atoms with van der Waals surface area (Å²) >= 11 is 0. The topological polar surface area (TPSA) is 23.6 Å². The molecule has 3 heteroatoms. The molecule has 0 N–H and O–H groups in total. The van der Waals surface area contributed by atoms with Crippen LogP contribution in [0.3, 0.4) is 0 Å². The van der Waals surface area contributed by atoms with Gasteiger partial charge < -0.3 is 9.80 Å². The molecule has 1 aromatic rings. The molecule has 1 aliphatic rings. The highest BCUT2D eigenvalue weighted by atomic mass is 16.2. The second-order valence-electron chi connectivity index (χ2n) is 4.43. The van der Waals surface area contributed by atoms with Gasteiger partial charge in [-0.15, -0.1) is 0 Å². The normalized spacial score (nSPS) is 17.5. The summed E-state index contributed by atoms with van der Waals surface area (Å²) in [4.78, 5) is 15.7. The molecule has 1 aliphatic heterocycles. The molecule has 16 heavy (non-hydrogen) atoms. The van der Waals surface area contributed by atoms with Crippen LogP contribution in [0.4, 0.5) is 5.69 Å². The number of benzene rings is 1. The molecule has 1 aromatic carbocycles. The smallest absolute Gasteiger partial charge is 0.241 e. The number of rotatable bonds is 1. The lowest BCUT2D eigenvalue weighted by Gasteiger charge is -2.22. The molecule has 1 fully saturated rings. The molecule has 0 spiro atoms.